The van der Waals surface area contributed by atoms with Gasteiger partial charge in [0.05, 0.1) is 0 Å². The lowest BCUT2D eigenvalue weighted by Gasteiger charge is -1.92. The van der Waals surface area contributed by atoms with E-state index in [0.717, 1.165) is 10.3 Å². The van der Waals surface area contributed by atoms with Gasteiger partial charge in [-0.25, -0.2) is 14.1 Å². The Balaban J connectivity index is 0.000000810. The summed E-state index contributed by atoms with van der Waals surface area (Å²) in [7, 11) is -3.61. The Kier molecular flexibility index (Phi) is 1.26. The number of aromatic nitrogens is 2. The zero-order valence-corrected chi connectivity index (χ0v) is 5.25. The molecule has 0 aliphatic rings. The molecule has 0 radical (unpaired) electrons. The van der Waals surface area contributed by atoms with Gasteiger partial charge in [0.2, 0.25) is 0 Å². The lowest BCUT2D eigenvalue weighted by atomic mass is 11.0. The van der Waals surface area contributed by atoms with Crippen LogP contribution >= 0.6 is 0 Å². The van der Waals surface area contributed by atoms with Crippen molar-refractivity contribution in [2.75, 3.05) is 0 Å². The lowest BCUT2D eigenvalue weighted by molar-refractivity contribution is 0.589. The van der Waals surface area contributed by atoms with Gasteiger partial charge in [-0.2, -0.15) is 8.42 Å². The third kappa shape index (κ3) is 1.27. The van der Waals surface area contributed by atoms with Crippen LogP contribution in [-0.4, -0.2) is 17.4 Å². The molecule has 0 aliphatic heterocycles. The smallest absolute Gasteiger partial charge is 0.244 e. The topological polar surface area (TPSA) is 78.0 Å². The molecular weight excluding hydrogens is 142 g/mol. The highest BCUT2D eigenvalue weighted by atomic mass is 32.2. The van der Waals surface area contributed by atoms with Gasteiger partial charge in [-0.1, -0.05) is 0 Å². The minimum absolute atomic E-state index is 0. The van der Waals surface area contributed by atoms with Gasteiger partial charge < -0.3 is 0 Å². The van der Waals surface area contributed by atoms with Gasteiger partial charge in [-0.3, -0.25) is 0 Å². The average Bonchev–Trinajstić information content (AvgIpc) is 2.08. The van der Waals surface area contributed by atoms with E-state index in [-0.39, 0.29) is 1.43 Å². The molecule has 52 valence electrons. The van der Waals surface area contributed by atoms with Crippen LogP contribution in [0.5, 0.6) is 0 Å². The molecule has 0 bridgehead atoms. The maximum atomic E-state index is 10.4. The zero-order chi connectivity index (χ0) is 6.91. The van der Waals surface area contributed by atoms with Gasteiger partial charge in [0.1, 0.15) is 6.33 Å². The van der Waals surface area contributed by atoms with Gasteiger partial charge in [0.25, 0.3) is 0 Å². The van der Waals surface area contributed by atoms with Crippen molar-refractivity contribution in [3.8, 4) is 0 Å². The Morgan fingerprint density at radius 1 is 1.67 bits per heavy atom. The first-order chi connectivity index (χ1) is 4.11. The van der Waals surface area contributed by atoms with Crippen LogP contribution in [0.2, 0.25) is 0 Å². The maximum absolute atomic E-state index is 10.4. The van der Waals surface area contributed by atoms with Gasteiger partial charge in [-0.05, 0) is 0 Å². The number of imidazole rings is 1. The Hall–Kier alpha value is -0.880. The third-order valence-corrected chi connectivity index (χ3v) is 1.58. The minimum atomic E-state index is -3.61. The first-order valence-corrected chi connectivity index (χ1v) is 3.62. The van der Waals surface area contributed by atoms with Crippen LogP contribution in [0.3, 0.4) is 0 Å². The second-order valence-electron chi connectivity index (χ2n) is 1.44. The molecule has 1 aromatic heterocycles. The molecule has 0 saturated heterocycles. The van der Waals surface area contributed by atoms with Gasteiger partial charge in [0.15, 0.2) is 0 Å². The van der Waals surface area contributed by atoms with Crippen molar-refractivity contribution in [2.45, 2.75) is 0 Å². The summed E-state index contributed by atoms with van der Waals surface area (Å²) in [6, 6.07) is 0. The van der Waals surface area contributed by atoms with Crippen LogP contribution in [0, 0.1) is 0 Å². The van der Waals surface area contributed by atoms with E-state index >= 15 is 0 Å². The Labute approximate surface area is 53.8 Å². The quantitative estimate of drug-likeness (QED) is 0.566. The van der Waals surface area contributed by atoms with Crippen LogP contribution in [0.4, 0.5) is 0 Å². The molecule has 1 aromatic rings. The van der Waals surface area contributed by atoms with Gasteiger partial charge >= 0.3 is 10.2 Å². The number of nitrogens with two attached hydrogens (primary N) is 1. The van der Waals surface area contributed by atoms with Crippen molar-refractivity contribution in [3.05, 3.63) is 18.7 Å². The van der Waals surface area contributed by atoms with Crippen molar-refractivity contribution in [1.29, 1.82) is 0 Å². The third-order valence-electron chi connectivity index (χ3n) is 0.774. The van der Waals surface area contributed by atoms with E-state index in [1.165, 1.54) is 12.4 Å². The predicted octanol–water partition coefficient (Wildman–Crippen LogP) is -0.819. The molecule has 5 nitrogen and oxygen atoms in total. The van der Waals surface area contributed by atoms with Gasteiger partial charge in [0, 0.05) is 13.8 Å². The molecule has 0 saturated carbocycles. The minimum Gasteiger partial charge on any atom is -0.244 e. The maximum Gasteiger partial charge on any atom is 0.303 e. The molecule has 1 heterocycles. The SMILES string of the molecule is NS(=O)(=O)n1ccnc1.[HH]. The number of rotatable bonds is 1. The van der Waals surface area contributed by atoms with Crippen LogP contribution in [0.1, 0.15) is 1.43 Å². The van der Waals surface area contributed by atoms with Crippen LogP contribution in [-0.2, 0) is 10.2 Å². The summed E-state index contributed by atoms with van der Waals surface area (Å²) in [6.07, 6.45) is 3.72. The normalized spacial score (nSPS) is 11.7. The first kappa shape index (κ1) is 6.24. The molecule has 0 aliphatic carbocycles. The van der Waals surface area contributed by atoms with E-state index in [0.29, 0.717) is 0 Å². The summed E-state index contributed by atoms with van der Waals surface area (Å²) in [5, 5.41) is 4.70. The molecule has 0 atom stereocenters. The Bertz CT molecular complexity index is 279. The molecule has 0 unspecified atom stereocenters. The molecule has 2 N–H and O–H groups in total. The fraction of sp³-hybridized carbons (Fsp3) is 0. The van der Waals surface area contributed by atoms with Crippen molar-refractivity contribution in [2.24, 2.45) is 5.14 Å². The lowest BCUT2D eigenvalue weighted by Crippen LogP contribution is -2.19. The summed E-state index contributed by atoms with van der Waals surface area (Å²) in [5.41, 5.74) is 0. The van der Waals surface area contributed by atoms with E-state index in [9.17, 15) is 8.42 Å². The standard InChI is InChI=1S/C3H5N3O2S.H2/c4-9(7,8)6-2-1-5-3-6;/h1-3H,(H2,4,7,8);1H. The van der Waals surface area contributed by atoms with Crippen LogP contribution in [0.25, 0.3) is 0 Å². The van der Waals surface area contributed by atoms with Crippen molar-refractivity contribution >= 4 is 10.2 Å². The number of hydrogen-bond donors (Lipinski definition) is 1. The van der Waals surface area contributed by atoms with Crippen molar-refractivity contribution in [3.63, 3.8) is 0 Å². The second-order valence-corrected chi connectivity index (χ2v) is 2.89. The highest BCUT2D eigenvalue weighted by Gasteiger charge is 2.00. The Morgan fingerprint density at radius 3 is 2.56 bits per heavy atom. The molecule has 1 rings (SSSR count). The molecule has 0 spiro atoms. The summed E-state index contributed by atoms with van der Waals surface area (Å²) >= 11 is 0. The molecular formula is C3H7N3O2S. The summed E-state index contributed by atoms with van der Waals surface area (Å²) in [6.45, 7) is 0. The summed E-state index contributed by atoms with van der Waals surface area (Å²) < 4.78 is 21.6. The summed E-state index contributed by atoms with van der Waals surface area (Å²) in [4.78, 5) is 3.49. The van der Waals surface area contributed by atoms with Crippen molar-refractivity contribution < 1.29 is 9.84 Å². The molecule has 0 aromatic carbocycles. The largest absolute Gasteiger partial charge is 0.303 e. The number of hydrogen-bond acceptors (Lipinski definition) is 3. The highest BCUT2D eigenvalue weighted by molar-refractivity contribution is 7.87. The van der Waals surface area contributed by atoms with E-state index in [1.807, 2.05) is 0 Å². The second kappa shape index (κ2) is 1.82. The van der Waals surface area contributed by atoms with E-state index in [4.69, 9.17) is 5.14 Å². The first-order valence-electron chi connectivity index (χ1n) is 2.12. The van der Waals surface area contributed by atoms with Crippen LogP contribution < -0.4 is 5.14 Å². The molecule has 6 heteroatoms. The van der Waals surface area contributed by atoms with Gasteiger partial charge in [-0.15, -0.1) is 0 Å². The molecule has 0 amide bonds. The predicted molar refractivity (Wildman–Crippen MR) is 32.8 cm³/mol. The fourth-order valence-electron chi connectivity index (χ4n) is 0.397. The van der Waals surface area contributed by atoms with Crippen molar-refractivity contribution in [1.82, 2.24) is 8.96 Å². The van der Waals surface area contributed by atoms with E-state index in [1.54, 1.807) is 0 Å². The van der Waals surface area contributed by atoms with E-state index < -0.39 is 10.2 Å². The van der Waals surface area contributed by atoms with Crippen LogP contribution in [0.15, 0.2) is 18.7 Å². The Morgan fingerprint density at radius 2 is 2.33 bits per heavy atom. The van der Waals surface area contributed by atoms with E-state index in [2.05, 4.69) is 4.98 Å². The fourth-order valence-corrected chi connectivity index (χ4v) is 0.807. The average molecular weight is 149 g/mol. The molecule has 0 fully saturated rings. The molecule has 9 heavy (non-hydrogen) atoms. The summed E-state index contributed by atoms with van der Waals surface area (Å²) in [5.74, 6) is 0. The zero-order valence-electron chi connectivity index (χ0n) is 4.43. The monoisotopic (exact) mass is 149 g/mol. The highest BCUT2D eigenvalue weighted by Crippen LogP contribution is 1.86. The number of nitrogens with zero attached hydrogens (tertiary/aromatic N) is 2.